The number of piperidine rings is 1. The molecule has 2 aromatic carbocycles. The number of nitrogens with one attached hydrogen (secondary N) is 1. The van der Waals surface area contributed by atoms with Gasteiger partial charge in [0.05, 0.1) is 24.9 Å². The maximum absolute atomic E-state index is 11.7. The van der Waals surface area contributed by atoms with Crippen LogP contribution < -0.4 is 19.5 Å². The van der Waals surface area contributed by atoms with Gasteiger partial charge in [0.25, 0.3) is 0 Å². The normalized spacial score (nSPS) is 21.2. The number of benzene rings is 2. The topological polar surface area (TPSA) is 143 Å². The van der Waals surface area contributed by atoms with Gasteiger partial charge in [0.15, 0.2) is 5.60 Å². The minimum Gasteiger partial charge on any atom is -0.481 e. The van der Waals surface area contributed by atoms with Gasteiger partial charge in [0.2, 0.25) is 17.6 Å². The number of carboxylic acids is 1. The highest BCUT2D eigenvalue weighted by Crippen LogP contribution is 2.45. The van der Waals surface area contributed by atoms with Crippen LogP contribution in [0.25, 0.3) is 22.4 Å². The lowest BCUT2D eigenvalue weighted by Crippen LogP contribution is -2.52. The summed E-state index contributed by atoms with van der Waals surface area (Å²) >= 11 is 13.9. The van der Waals surface area contributed by atoms with Crippen LogP contribution >= 0.6 is 23.2 Å². The Labute approximate surface area is 324 Å². The second-order valence-corrected chi connectivity index (χ2v) is 15.2. The standard InChI is InChI=1S/C41H44Cl2N4O7/c1-52-37-25(21-44-20-24-10-12-27(48)18-24)11-14-34(45-37)32-9-4-8-31(36(32)43)28-6-3-7-30-29(28)13-15-35(30)54-39-33(42)19-26(38(46-39)53-2)22-47-17-5-16-41(51,23-47)40(49)50/h3-4,6-9,11,14,19,24,35,44,51H,5,10,12-13,15-18,20-23H2,1-2H3,(H,49,50)/t24-,35+,41?/m1/s1. The van der Waals surface area contributed by atoms with Crippen LogP contribution in [0.5, 0.6) is 17.6 Å². The number of rotatable bonds is 13. The van der Waals surface area contributed by atoms with Gasteiger partial charge in [0.1, 0.15) is 16.9 Å². The maximum atomic E-state index is 11.7. The van der Waals surface area contributed by atoms with Crippen LogP contribution in [0.4, 0.5) is 0 Å². The largest absolute Gasteiger partial charge is 0.481 e. The van der Waals surface area contributed by atoms with E-state index in [1.807, 2.05) is 41.3 Å². The van der Waals surface area contributed by atoms with Crippen LogP contribution in [0.15, 0.2) is 54.6 Å². The number of nitrogens with zero attached hydrogens (tertiary/aromatic N) is 3. The molecule has 284 valence electrons. The van der Waals surface area contributed by atoms with Crippen molar-refractivity contribution in [2.45, 2.75) is 69.7 Å². The number of β-amino-alcohol motifs (C(OH)–C–C–N with tert-alkyl or cyclic N) is 1. The molecule has 3 heterocycles. The van der Waals surface area contributed by atoms with Crippen LogP contribution in [0, 0.1) is 5.92 Å². The fraction of sp³-hybridized carbons (Fsp3) is 0.415. The molecule has 7 rings (SSSR count). The molecule has 3 atom stereocenters. The number of Topliss-reactive ketones (excluding diaryl/α,β-unsaturated/α-hetero) is 1. The van der Waals surface area contributed by atoms with E-state index in [2.05, 4.69) is 22.4 Å². The van der Waals surface area contributed by atoms with Crippen molar-refractivity contribution in [1.82, 2.24) is 20.2 Å². The summed E-state index contributed by atoms with van der Waals surface area (Å²) in [5.41, 5.74) is 5.36. The lowest BCUT2D eigenvalue weighted by atomic mass is 9.93. The first-order valence-corrected chi connectivity index (χ1v) is 19.1. The Morgan fingerprint density at radius 1 is 0.963 bits per heavy atom. The van der Waals surface area contributed by atoms with Crippen LogP contribution in [-0.2, 0) is 29.1 Å². The molecule has 1 saturated heterocycles. The van der Waals surface area contributed by atoms with Gasteiger partial charge >= 0.3 is 5.97 Å². The number of aliphatic hydroxyl groups is 1. The molecule has 1 saturated carbocycles. The van der Waals surface area contributed by atoms with Crippen molar-refractivity contribution in [3.8, 4) is 40.0 Å². The predicted molar refractivity (Wildman–Crippen MR) is 205 cm³/mol. The molecular weight excluding hydrogens is 731 g/mol. The number of likely N-dealkylation sites (tertiary alicyclic amines) is 1. The average Bonchev–Trinajstić information content (AvgIpc) is 3.78. The molecule has 1 unspecified atom stereocenters. The van der Waals surface area contributed by atoms with Gasteiger partial charge < -0.3 is 29.7 Å². The van der Waals surface area contributed by atoms with Crippen molar-refractivity contribution in [3.63, 3.8) is 0 Å². The van der Waals surface area contributed by atoms with E-state index < -0.39 is 11.6 Å². The average molecular weight is 776 g/mol. The number of hydrogen-bond acceptors (Lipinski definition) is 10. The zero-order valence-corrected chi connectivity index (χ0v) is 31.9. The highest BCUT2D eigenvalue weighted by atomic mass is 35.5. The monoisotopic (exact) mass is 774 g/mol. The fourth-order valence-corrected chi connectivity index (χ4v) is 8.55. The van der Waals surface area contributed by atoms with Crippen LogP contribution in [0.3, 0.4) is 0 Å². The second kappa shape index (κ2) is 16.2. The van der Waals surface area contributed by atoms with Gasteiger partial charge in [-0.25, -0.2) is 9.78 Å². The molecule has 13 heteroatoms. The van der Waals surface area contributed by atoms with E-state index in [4.69, 9.17) is 42.4 Å². The molecular formula is C41H44Cl2N4O7. The second-order valence-electron chi connectivity index (χ2n) is 14.4. The summed E-state index contributed by atoms with van der Waals surface area (Å²) in [5.74, 6) is 0.595. The van der Waals surface area contributed by atoms with Crippen molar-refractivity contribution in [3.05, 3.63) is 86.9 Å². The van der Waals surface area contributed by atoms with Gasteiger partial charge in [-0.3, -0.25) is 9.69 Å². The predicted octanol–water partition coefficient (Wildman–Crippen LogP) is 7.07. The Morgan fingerprint density at radius 2 is 1.72 bits per heavy atom. The molecule has 0 amide bonds. The molecule has 1 aliphatic heterocycles. The Balaban J connectivity index is 1.08. The first-order valence-electron chi connectivity index (χ1n) is 18.3. The van der Waals surface area contributed by atoms with E-state index in [1.165, 1.54) is 7.11 Å². The van der Waals surface area contributed by atoms with Crippen LogP contribution in [-0.4, -0.2) is 76.3 Å². The number of pyridine rings is 2. The van der Waals surface area contributed by atoms with E-state index in [-0.39, 0.29) is 24.9 Å². The molecule has 4 aromatic rings. The number of methoxy groups -OCH3 is 2. The zero-order valence-electron chi connectivity index (χ0n) is 30.4. The molecule has 0 radical (unpaired) electrons. The molecule has 2 aromatic heterocycles. The van der Waals surface area contributed by atoms with Crippen LogP contribution in [0.2, 0.25) is 10.0 Å². The van der Waals surface area contributed by atoms with Crippen molar-refractivity contribution < 1.29 is 34.0 Å². The number of carbonyl (C=O) groups is 2. The highest BCUT2D eigenvalue weighted by molar-refractivity contribution is 6.36. The van der Waals surface area contributed by atoms with Crippen LogP contribution in [0.1, 0.15) is 66.9 Å². The van der Waals surface area contributed by atoms with Gasteiger partial charge in [0, 0.05) is 54.7 Å². The van der Waals surface area contributed by atoms with E-state index in [0.717, 1.165) is 52.8 Å². The van der Waals surface area contributed by atoms with Gasteiger partial charge in [-0.1, -0.05) is 65.7 Å². The van der Waals surface area contributed by atoms with Crippen molar-refractivity contribution in [2.75, 3.05) is 33.9 Å². The van der Waals surface area contributed by atoms with E-state index in [0.29, 0.717) is 90.1 Å². The van der Waals surface area contributed by atoms with Gasteiger partial charge in [-0.15, -0.1) is 0 Å². The van der Waals surface area contributed by atoms with Gasteiger partial charge in [-0.05, 0) is 79.9 Å². The summed E-state index contributed by atoms with van der Waals surface area (Å²) in [4.78, 5) is 34.6. The molecule has 2 fully saturated rings. The fourth-order valence-electron chi connectivity index (χ4n) is 8.01. The van der Waals surface area contributed by atoms with E-state index >= 15 is 0 Å². The van der Waals surface area contributed by atoms with Crippen molar-refractivity contribution >= 4 is 35.0 Å². The molecule has 54 heavy (non-hydrogen) atoms. The summed E-state index contributed by atoms with van der Waals surface area (Å²) in [7, 11) is 3.13. The minimum absolute atomic E-state index is 0.00395. The Bertz CT molecular complexity index is 2060. The smallest absolute Gasteiger partial charge is 0.337 e. The number of hydrogen-bond donors (Lipinski definition) is 3. The van der Waals surface area contributed by atoms with Gasteiger partial charge in [-0.2, -0.15) is 4.98 Å². The zero-order chi connectivity index (χ0) is 38.0. The maximum Gasteiger partial charge on any atom is 0.337 e. The Hall–Kier alpha value is -4.26. The van der Waals surface area contributed by atoms with E-state index in [1.54, 1.807) is 13.2 Å². The molecule has 11 nitrogen and oxygen atoms in total. The quantitative estimate of drug-likeness (QED) is 0.128. The number of aromatic nitrogens is 2. The number of fused-ring (bicyclic) bond motifs is 1. The SMILES string of the molecule is COc1nc(-c2cccc(-c3cccc4c3CC[C@@H]4Oc3nc(OC)c(CN4CCCC(O)(C(=O)O)C4)cc3Cl)c2Cl)ccc1CNC[C@@H]1CCC(=O)C1. The number of ether oxygens (including phenoxy) is 3. The molecule has 3 N–H and O–H groups in total. The first kappa shape index (κ1) is 38.0. The summed E-state index contributed by atoms with van der Waals surface area (Å²) in [6, 6.07) is 17.8. The van der Waals surface area contributed by atoms with Crippen molar-refractivity contribution in [1.29, 1.82) is 0 Å². The Kier molecular flexibility index (Phi) is 11.4. The molecule has 3 aliphatic rings. The van der Waals surface area contributed by atoms with Crippen molar-refractivity contribution in [2.24, 2.45) is 5.92 Å². The minimum atomic E-state index is -1.79. The lowest BCUT2D eigenvalue weighted by molar-refractivity contribution is -0.164. The third-order valence-electron chi connectivity index (χ3n) is 10.8. The molecule has 0 bridgehead atoms. The third-order valence-corrected chi connectivity index (χ3v) is 11.5. The molecule has 2 aliphatic carbocycles. The molecule has 0 spiro atoms. The number of aliphatic carboxylic acids is 1. The summed E-state index contributed by atoms with van der Waals surface area (Å²) in [6.45, 7) is 2.31. The summed E-state index contributed by atoms with van der Waals surface area (Å²) in [6.07, 6.45) is 4.17. The number of carboxylic acid groups (broad SMARTS) is 1. The lowest BCUT2D eigenvalue weighted by Gasteiger charge is -2.36. The Morgan fingerprint density at radius 3 is 2.48 bits per heavy atom. The third kappa shape index (κ3) is 7.92. The van der Waals surface area contributed by atoms with E-state index in [9.17, 15) is 19.8 Å². The first-order chi connectivity index (χ1) is 26.1. The summed E-state index contributed by atoms with van der Waals surface area (Å²) in [5, 5.41) is 24.4. The highest BCUT2D eigenvalue weighted by Gasteiger charge is 2.40. The number of carbonyl (C=O) groups excluding carboxylic acids is 1. The number of ketones is 1. The number of halogens is 2. The summed E-state index contributed by atoms with van der Waals surface area (Å²) < 4.78 is 17.8.